The lowest BCUT2D eigenvalue weighted by atomic mass is 9.41. The molecule has 1 heterocycles. The molecule has 30 heavy (non-hydrogen) atoms. The molecular formula is C26H41NO3. The molecule has 1 aliphatic heterocycles. The van der Waals surface area contributed by atoms with E-state index in [4.69, 9.17) is 4.74 Å². The average Bonchev–Trinajstić information content (AvgIpc) is 3.26. The molecule has 0 radical (unpaired) electrons. The molecule has 0 aromatic carbocycles. The fourth-order valence-corrected chi connectivity index (χ4v) is 11.4. The average molecular weight is 416 g/mol. The molecule has 0 unspecified atom stereocenters. The summed E-state index contributed by atoms with van der Waals surface area (Å²) in [4.78, 5) is 15.1. The Bertz CT molecular complexity index is 799. The van der Waals surface area contributed by atoms with Gasteiger partial charge in [0.25, 0.3) is 0 Å². The van der Waals surface area contributed by atoms with E-state index in [-0.39, 0.29) is 27.9 Å². The molecule has 4 heteroatoms. The number of aliphatic hydroxyl groups excluding tert-OH is 1. The van der Waals surface area contributed by atoms with Crippen molar-refractivity contribution in [1.29, 1.82) is 0 Å². The van der Waals surface area contributed by atoms with Crippen molar-refractivity contribution in [2.24, 2.45) is 44.8 Å². The molecule has 6 aliphatic rings. The van der Waals surface area contributed by atoms with E-state index < -0.39 is 6.10 Å². The molecule has 0 bridgehead atoms. The second-order valence-corrected chi connectivity index (χ2v) is 13.2. The van der Waals surface area contributed by atoms with Crippen LogP contribution in [0, 0.1) is 44.8 Å². The summed E-state index contributed by atoms with van der Waals surface area (Å²) < 4.78 is 6.12. The van der Waals surface area contributed by atoms with Crippen molar-refractivity contribution in [3.05, 3.63) is 0 Å². The van der Waals surface area contributed by atoms with Crippen molar-refractivity contribution in [1.82, 2.24) is 4.90 Å². The van der Waals surface area contributed by atoms with Gasteiger partial charge in [-0.2, -0.15) is 0 Å². The van der Waals surface area contributed by atoms with Crippen molar-refractivity contribution in [3.63, 3.8) is 0 Å². The molecule has 5 aliphatic carbocycles. The standard InChI is InChI=1S/C26H41NO3/c1-16(28)21-17(29)12-24(4)19-7-6-18-22(2)14-30-15-27(5)20(22)8-9-25(18)13-26(19,25)11-10-23(21,24)3/h17-21,29H,6-15H2,1-5H3/t17-,18+,19+,20+,21+,22+,23-,24+,25-,26+/m1/s1. The Morgan fingerprint density at radius 1 is 1.00 bits per heavy atom. The molecule has 0 aromatic rings. The van der Waals surface area contributed by atoms with Crippen molar-refractivity contribution < 1.29 is 14.6 Å². The van der Waals surface area contributed by atoms with Crippen LogP contribution in [-0.2, 0) is 9.53 Å². The van der Waals surface area contributed by atoms with Crippen molar-refractivity contribution in [3.8, 4) is 0 Å². The van der Waals surface area contributed by atoms with Crippen LogP contribution in [0.4, 0.5) is 0 Å². The zero-order chi connectivity index (χ0) is 21.3. The van der Waals surface area contributed by atoms with Crippen LogP contribution in [-0.4, -0.2) is 48.3 Å². The Morgan fingerprint density at radius 2 is 1.70 bits per heavy atom. The molecule has 0 amide bonds. The number of hydrogen-bond donors (Lipinski definition) is 1. The Hall–Kier alpha value is -0.450. The molecule has 1 saturated heterocycles. The lowest BCUT2D eigenvalue weighted by Gasteiger charge is -2.64. The highest BCUT2D eigenvalue weighted by atomic mass is 16.5. The van der Waals surface area contributed by atoms with Crippen LogP contribution in [0.5, 0.6) is 0 Å². The van der Waals surface area contributed by atoms with Gasteiger partial charge < -0.3 is 9.84 Å². The maximum atomic E-state index is 12.6. The minimum Gasteiger partial charge on any atom is -0.392 e. The predicted octanol–water partition coefficient (Wildman–Crippen LogP) is 4.25. The monoisotopic (exact) mass is 415 g/mol. The summed E-state index contributed by atoms with van der Waals surface area (Å²) in [5.74, 6) is 1.48. The predicted molar refractivity (Wildman–Crippen MR) is 116 cm³/mol. The molecule has 10 atom stereocenters. The molecule has 6 fully saturated rings. The number of Topliss-reactive ketones (excluding diaryl/α,β-unsaturated/α-hetero) is 1. The van der Waals surface area contributed by atoms with E-state index in [1.165, 1.54) is 38.5 Å². The third kappa shape index (κ3) is 1.96. The maximum absolute atomic E-state index is 12.6. The topological polar surface area (TPSA) is 49.8 Å². The largest absolute Gasteiger partial charge is 0.392 e. The number of carbonyl (C=O) groups excluding carboxylic acids is 1. The number of carbonyl (C=O) groups is 1. The van der Waals surface area contributed by atoms with Gasteiger partial charge in [0, 0.05) is 17.4 Å². The molecule has 168 valence electrons. The van der Waals surface area contributed by atoms with E-state index in [1.807, 2.05) is 0 Å². The van der Waals surface area contributed by atoms with E-state index in [0.717, 1.165) is 32.1 Å². The van der Waals surface area contributed by atoms with Crippen LogP contribution in [0.3, 0.4) is 0 Å². The number of aliphatic hydroxyl groups is 1. The molecule has 6 rings (SSSR count). The molecule has 4 nitrogen and oxygen atoms in total. The van der Waals surface area contributed by atoms with E-state index in [9.17, 15) is 9.90 Å². The van der Waals surface area contributed by atoms with Crippen molar-refractivity contribution in [2.45, 2.75) is 91.2 Å². The first-order valence-corrected chi connectivity index (χ1v) is 12.5. The van der Waals surface area contributed by atoms with Crippen LogP contribution in [0.15, 0.2) is 0 Å². The van der Waals surface area contributed by atoms with E-state index in [1.54, 1.807) is 6.92 Å². The Morgan fingerprint density at radius 3 is 2.43 bits per heavy atom. The number of nitrogens with zero attached hydrogens (tertiary/aromatic N) is 1. The summed E-state index contributed by atoms with van der Waals surface area (Å²) in [5.41, 5.74) is 1.28. The smallest absolute Gasteiger partial charge is 0.136 e. The normalized spacial score (nSPS) is 61.9. The number of fused-ring (bicyclic) bond motifs is 4. The lowest BCUT2D eigenvalue weighted by molar-refractivity contribution is -0.202. The molecule has 0 aromatic heterocycles. The minimum atomic E-state index is -0.450. The first-order valence-electron chi connectivity index (χ1n) is 12.5. The summed E-state index contributed by atoms with van der Waals surface area (Å²) in [5, 5.41) is 11.0. The van der Waals surface area contributed by atoms with E-state index in [2.05, 4.69) is 32.7 Å². The van der Waals surface area contributed by atoms with Crippen LogP contribution >= 0.6 is 0 Å². The Balaban J connectivity index is 1.39. The number of ether oxygens (including phenoxy) is 1. The summed E-state index contributed by atoms with van der Waals surface area (Å²) in [6.07, 6.45) is 9.44. The van der Waals surface area contributed by atoms with Gasteiger partial charge in [0.15, 0.2) is 0 Å². The number of ketones is 1. The van der Waals surface area contributed by atoms with Gasteiger partial charge in [0.05, 0.1) is 19.4 Å². The van der Waals surface area contributed by atoms with E-state index >= 15 is 0 Å². The molecule has 1 N–H and O–H groups in total. The van der Waals surface area contributed by atoms with E-state index in [0.29, 0.717) is 22.8 Å². The Kier molecular flexibility index (Phi) is 3.85. The minimum absolute atomic E-state index is 0.0416. The molecule has 5 saturated carbocycles. The fourth-order valence-electron chi connectivity index (χ4n) is 11.4. The van der Waals surface area contributed by atoms with Crippen molar-refractivity contribution in [2.75, 3.05) is 20.4 Å². The van der Waals surface area contributed by atoms with Gasteiger partial charge in [-0.3, -0.25) is 9.69 Å². The van der Waals surface area contributed by atoms with Gasteiger partial charge in [-0.15, -0.1) is 0 Å². The first-order chi connectivity index (χ1) is 14.1. The lowest BCUT2D eigenvalue weighted by Crippen LogP contribution is -2.63. The second-order valence-electron chi connectivity index (χ2n) is 13.2. The third-order valence-corrected chi connectivity index (χ3v) is 12.5. The quantitative estimate of drug-likeness (QED) is 0.695. The molecule has 2 spiro atoms. The Labute approximate surface area is 182 Å². The van der Waals surface area contributed by atoms with Gasteiger partial charge in [-0.25, -0.2) is 0 Å². The number of rotatable bonds is 1. The van der Waals surface area contributed by atoms with Crippen LogP contribution in [0.1, 0.15) is 79.1 Å². The van der Waals surface area contributed by atoms with Crippen LogP contribution < -0.4 is 0 Å². The summed E-state index contributed by atoms with van der Waals surface area (Å²) in [6.45, 7) is 10.8. The third-order valence-electron chi connectivity index (χ3n) is 12.5. The van der Waals surface area contributed by atoms with Gasteiger partial charge >= 0.3 is 0 Å². The van der Waals surface area contributed by atoms with Gasteiger partial charge in [-0.05, 0) is 98.8 Å². The maximum Gasteiger partial charge on any atom is 0.136 e. The van der Waals surface area contributed by atoms with Crippen LogP contribution in [0.25, 0.3) is 0 Å². The highest BCUT2D eigenvalue weighted by Crippen LogP contribution is 2.89. The summed E-state index contributed by atoms with van der Waals surface area (Å²) in [7, 11) is 2.25. The highest BCUT2D eigenvalue weighted by molar-refractivity contribution is 5.80. The number of hydrogen-bond acceptors (Lipinski definition) is 4. The van der Waals surface area contributed by atoms with Crippen molar-refractivity contribution >= 4 is 5.78 Å². The van der Waals surface area contributed by atoms with Crippen LogP contribution in [0.2, 0.25) is 0 Å². The second kappa shape index (κ2) is 5.72. The highest BCUT2D eigenvalue weighted by Gasteiger charge is 2.83. The first kappa shape index (κ1) is 20.2. The molecular weight excluding hydrogens is 374 g/mol. The summed E-state index contributed by atoms with van der Waals surface area (Å²) in [6, 6.07) is 0.663. The summed E-state index contributed by atoms with van der Waals surface area (Å²) >= 11 is 0. The van der Waals surface area contributed by atoms with Gasteiger partial charge in [-0.1, -0.05) is 20.8 Å². The van der Waals surface area contributed by atoms with Gasteiger partial charge in [0.1, 0.15) is 5.78 Å². The SMILES string of the molecule is CC(=O)[C@H]1[C@H](O)C[C@@]2(C)[C@@H]3CC[C@H]4[C@]5(C)COCN(C)[C@H]5CC[C@@]45C[C@@]35CC[C@]12C. The fraction of sp³-hybridized carbons (Fsp3) is 0.962. The zero-order valence-corrected chi connectivity index (χ0v) is 19.7. The van der Waals surface area contributed by atoms with Gasteiger partial charge in [0.2, 0.25) is 0 Å². The zero-order valence-electron chi connectivity index (χ0n) is 19.7.